The highest BCUT2D eigenvalue weighted by Gasteiger charge is 2.27. The third-order valence-electron chi connectivity index (χ3n) is 3.88. The number of rotatable bonds is 7. The molecule has 0 atom stereocenters. The number of hydrogen-bond acceptors (Lipinski definition) is 4. The first-order valence-electron chi connectivity index (χ1n) is 7.77. The molecule has 1 aromatic carbocycles. The minimum Gasteiger partial charge on any atom is -0.492 e. The van der Waals surface area contributed by atoms with Gasteiger partial charge in [0.05, 0.1) is 6.67 Å². The number of hydrogen-bond donors (Lipinski definition) is 0. The van der Waals surface area contributed by atoms with Crippen molar-refractivity contribution in [2.75, 3.05) is 20.2 Å². The fraction of sp³-hybridized carbons (Fsp3) is 0.500. The van der Waals surface area contributed by atoms with Crippen molar-refractivity contribution in [2.45, 2.75) is 32.5 Å². The molecule has 7 heteroatoms. The summed E-state index contributed by atoms with van der Waals surface area (Å²) in [5.41, 5.74) is 0. The summed E-state index contributed by atoms with van der Waals surface area (Å²) in [6.45, 7) is 4.09. The van der Waals surface area contributed by atoms with Gasteiger partial charge >= 0.3 is 0 Å². The molecular weight excluding hydrogens is 332 g/mol. The lowest BCUT2D eigenvalue weighted by Gasteiger charge is -2.16. The van der Waals surface area contributed by atoms with Crippen molar-refractivity contribution in [2.24, 2.45) is 0 Å². The highest BCUT2D eigenvalue weighted by molar-refractivity contribution is 7.71. The Morgan fingerprint density at radius 1 is 1.35 bits per heavy atom. The number of aryl methyl sites for hydroxylation is 1. The Labute approximate surface area is 146 Å². The van der Waals surface area contributed by atoms with E-state index in [-0.39, 0.29) is 0 Å². The summed E-state index contributed by atoms with van der Waals surface area (Å²) in [6.07, 6.45) is 2.43. The summed E-state index contributed by atoms with van der Waals surface area (Å²) in [6, 6.07) is 7.97. The maximum atomic E-state index is 5.86. The lowest BCUT2D eigenvalue weighted by atomic mass is 10.3. The van der Waals surface area contributed by atoms with Crippen LogP contribution in [0, 0.1) is 11.7 Å². The molecule has 0 bridgehead atoms. The summed E-state index contributed by atoms with van der Waals surface area (Å²) >= 11 is 11.4. The van der Waals surface area contributed by atoms with Crippen LogP contribution in [0.4, 0.5) is 0 Å². The molecule has 0 aliphatic heterocycles. The number of likely N-dealkylation sites (N-methyl/N-ethyl adjacent to an activating group) is 1. The first-order valence-corrected chi connectivity index (χ1v) is 8.56. The maximum Gasteiger partial charge on any atom is 0.199 e. The van der Waals surface area contributed by atoms with Gasteiger partial charge in [-0.1, -0.05) is 11.6 Å². The molecule has 1 saturated carbocycles. The van der Waals surface area contributed by atoms with Crippen molar-refractivity contribution in [1.29, 1.82) is 0 Å². The van der Waals surface area contributed by atoms with E-state index in [1.165, 1.54) is 12.8 Å². The number of ether oxygens (including phenoxy) is 1. The van der Waals surface area contributed by atoms with E-state index in [9.17, 15) is 0 Å². The Kier molecular flexibility index (Phi) is 5.04. The van der Waals surface area contributed by atoms with Gasteiger partial charge in [-0.2, -0.15) is 5.10 Å². The van der Waals surface area contributed by atoms with Crippen LogP contribution in [0.5, 0.6) is 5.75 Å². The normalized spacial score (nSPS) is 14.4. The first-order chi connectivity index (χ1) is 11.0. The Bertz CT molecular complexity index is 721. The second kappa shape index (κ2) is 7.03. The summed E-state index contributed by atoms with van der Waals surface area (Å²) < 4.78 is 10.6. The summed E-state index contributed by atoms with van der Waals surface area (Å²) in [5, 5.41) is 5.28. The summed E-state index contributed by atoms with van der Waals surface area (Å²) in [4.78, 5) is 2.15. The SMILES string of the molecule is Cc1nn(CN(C)CCOc2ccc(Cl)cc2)c(=S)n1C1CC1. The quantitative estimate of drug-likeness (QED) is 0.712. The molecule has 0 amide bonds. The molecule has 1 heterocycles. The van der Waals surface area contributed by atoms with E-state index >= 15 is 0 Å². The lowest BCUT2D eigenvalue weighted by molar-refractivity contribution is 0.197. The number of halogens is 1. The van der Waals surface area contributed by atoms with Crippen molar-refractivity contribution in [3.63, 3.8) is 0 Å². The molecule has 1 aliphatic carbocycles. The topological polar surface area (TPSA) is 35.2 Å². The van der Waals surface area contributed by atoms with E-state index < -0.39 is 0 Å². The predicted molar refractivity (Wildman–Crippen MR) is 93.6 cm³/mol. The molecule has 1 aliphatic rings. The fourth-order valence-electron chi connectivity index (χ4n) is 2.52. The van der Waals surface area contributed by atoms with Gasteiger partial charge in [-0.15, -0.1) is 0 Å². The van der Waals surface area contributed by atoms with Gasteiger partial charge in [-0.3, -0.25) is 4.90 Å². The zero-order chi connectivity index (χ0) is 16.4. The van der Waals surface area contributed by atoms with E-state index in [0.29, 0.717) is 24.3 Å². The second-order valence-electron chi connectivity index (χ2n) is 5.95. The monoisotopic (exact) mass is 352 g/mol. The van der Waals surface area contributed by atoms with Crippen LogP contribution < -0.4 is 4.74 Å². The Morgan fingerprint density at radius 3 is 2.70 bits per heavy atom. The van der Waals surface area contributed by atoms with Gasteiger partial charge < -0.3 is 9.30 Å². The van der Waals surface area contributed by atoms with Crippen molar-refractivity contribution < 1.29 is 4.74 Å². The van der Waals surface area contributed by atoms with E-state index in [2.05, 4.69) is 14.6 Å². The van der Waals surface area contributed by atoms with Crippen molar-refractivity contribution in [3.8, 4) is 5.75 Å². The lowest BCUT2D eigenvalue weighted by Crippen LogP contribution is -2.27. The van der Waals surface area contributed by atoms with Crippen LogP contribution in [-0.4, -0.2) is 39.4 Å². The van der Waals surface area contributed by atoms with Crippen molar-refractivity contribution in [1.82, 2.24) is 19.2 Å². The number of aromatic nitrogens is 3. The molecule has 3 rings (SSSR count). The van der Waals surface area contributed by atoms with Gasteiger partial charge in [-0.25, -0.2) is 4.68 Å². The predicted octanol–water partition coefficient (Wildman–Crippen LogP) is 3.68. The molecule has 0 N–H and O–H groups in total. The Hall–Kier alpha value is -1.37. The highest BCUT2D eigenvalue weighted by atomic mass is 35.5. The molecule has 124 valence electrons. The van der Waals surface area contributed by atoms with Crippen LogP contribution in [0.2, 0.25) is 5.02 Å². The van der Waals surface area contributed by atoms with Crippen LogP contribution >= 0.6 is 23.8 Å². The molecule has 5 nitrogen and oxygen atoms in total. The van der Waals surface area contributed by atoms with Crippen LogP contribution in [0.25, 0.3) is 0 Å². The van der Waals surface area contributed by atoms with Gasteiger partial charge in [0.1, 0.15) is 18.2 Å². The van der Waals surface area contributed by atoms with Crippen molar-refractivity contribution in [3.05, 3.63) is 39.9 Å². The molecule has 0 radical (unpaired) electrons. The van der Waals surface area contributed by atoms with Gasteiger partial charge in [0, 0.05) is 17.6 Å². The molecule has 0 spiro atoms. The van der Waals surface area contributed by atoms with Crippen LogP contribution in [-0.2, 0) is 6.67 Å². The molecule has 0 saturated heterocycles. The Balaban J connectivity index is 1.51. The third-order valence-corrected chi connectivity index (χ3v) is 4.54. The first kappa shape index (κ1) is 16.5. The average molecular weight is 353 g/mol. The Morgan fingerprint density at radius 2 is 2.04 bits per heavy atom. The molecule has 23 heavy (non-hydrogen) atoms. The molecular formula is C16H21ClN4OS. The van der Waals surface area contributed by atoms with Crippen LogP contribution in [0.3, 0.4) is 0 Å². The summed E-state index contributed by atoms with van der Waals surface area (Å²) in [5.74, 6) is 1.83. The zero-order valence-corrected chi connectivity index (χ0v) is 15.0. The minimum atomic E-state index is 0.565. The third kappa shape index (κ3) is 4.13. The second-order valence-corrected chi connectivity index (χ2v) is 6.76. The number of nitrogens with zero attached hydrogens (tertiary/aromatic N) is 4. The standard InChI is InChI=1S/C16H21ClN4OS/c1-12-18-20(16(23)21(12)14-5-6-14)11-19(2)9-10-22-15-7-3-13(17)4-8-15/h3-4,7-8,14H,5-6,9-11H2,1-2H3. The smallest absolute Gasteiger partial charge is 0.199 e. The zero-order valence-electron chi connectivity index (χ0n) is 13.4. The molecule has 0 unspecified atom stereocenters. The maximum absolute atomic E-state index is 5.86. The highest BCUT2D eigenvalue weighted by Crippen LogP contribution is 2.35. The number of benzene rings is 1. The average Bonchev–Trinajstić information content (AvgIpc) is 3.29. The molecule has 2 aromatic rings. The van der Waals surface area contributed by atoms with E-state index in [1.807, 2.05) is 42.9 Å². The molecule has 1 aromatic heterocycles. The van der Waals surface area contributed by atoms with Gasteiger partial charge in [0.25, 0.3) is 0 Å². The fourth-order valence-corrected chi connectivity index (χ4v) is 3.03. The van der Waals surface area contributed by atoms with Gasteiger partial charge in [0.2, 0.25) is 0 Å². The summed E-state index contributed by atoms with van der Waals surface area (Å²) in [7, 11) is 2.04. The molecule has 1 fully saturated rings. The minimum absolute atomic E-state index is 0.565. The largest absolute Gasteiger partial charge is 0.492 e. The van der Waals surface area contributed by atoms with Gasteiger partial charge in [0.15, 0.2) is 4.77 Å². The van der Waals surface area contributed by atoms with E-state index in [0.717, 1.165) is 22.9 Å². The van der Waals surface area contributed by atoms with E-state index in [1.54, 1.807) is 0 Å². The van der Waals surface area contributed by atoms with Crippen molar-refractivity contribution >= 4 is 23.8 Å². The van der Waals surface area contributed by atoms with Crippen LogP contribution in [0.1, 0.15) is 24.7 Å². The van der Waals surface area contributed by atoms with Gasteiger partial charge in [-0.05, 0) is 63.3 Å². The van der Waals surface area contributed by atoms with Crippen LogP contribution in [0.15, 0.2) is 24.3 Å². The van der Waals surface area contributed by atoms with E-state index in [4.69, 9.17) is 28.6 Å².